The second-order valence-corrected chi connectivity index (χ2v) is 5.54. The zero-order valence-electron chi connectivity index (χ0n) is 11.8. The van der Waals surface area contributed by atoms with Crippen LogP contribution in [0.5, 0.6) is 0 Å². The van der Waals surface area contributed by atoms with E-state index in [-0.39, 0.29) is 6.04 Å². The number of nitrogens with zero attached hydrogens (tertiary/aromatic N) is 1. The van der Waals surface area contributed by atoms with Gasteiger partial charge in [0, 0.05) is 0 Å². The Bertz CT molecular complexity index is 784. The monoisotopic (exact) mass is 282 g/mol. The molecule has 2 aromatic carbocycles. The Morgan fingerprint density at radius 3 is 2.60 bits per heavy atom. The minimum Gasteiger partial charge on any atom is -0.331 e. The van der Waals surface area contributed by atoms with Gasteiger partial charge in [0.1, 0.15) is 0 Å². The third kappa shape index (κ3) is 2.18. The number of rotatable bonds is 3. The molecular weight excluding hydrogens is 264 g/mol. The van der Waals surface area contributed by atoms with Crippen LogP contribution in [0.25, 0.3) is 11.0 Å². The zero-order valence-corrected chi connectivity index (χ0v) is 12.6. The van der Waals surface area contributed by atoms with Crippen LogP contribution in [-0.4, -0.2) is 9.55 Å². The van der Waals surface area contributed by atoms with Gasteiger partial charge in [-0.05, 0) is 48.8 Å². The van der Waals surface area contributed by atoms with Gasteiger partial charge in [-0.25, -0.2) is 0 Å². The molecule has 0 saturated carbocycles. The third-order valence-corrected chi connectivity index (χ3v) is 4.05. The molecule has 0 radical (unpaired) electrons. The number of benzene rings is 2. The second kappa shape index (κ2) is 5.25. The van der Waals surface area contributed by atoms with Crippen molar-refractivity contribution in [3.63, 3.8) is 0 Å². The molecule has 2 nitrogen and oxygen atoms in total. The number of imidazole rings is 1. The zero-order chi connectivity index (χ0) is 14.1. The lowest BCUT2D eigenvalue weighted by molar-refractivity contribution is 0.575. The topological polar surface area (TPSA) is 20.7 Å². The maximum Gasteiger partial charge on any atom is 0.178 e. The summed E-state index contributed by atoms with van der Waals surface area (Å²) in [5.74, 6) is 0. The molecule has 3 aromatic rings. The van der Waals surface area contributed by atoms with Crippen molar-refractivity contribution in [2.24, 2.45) is 0 Å². The molecule has 0 aliphatic carbocycles. The number of H-pyrrole nitrogens is 1. The molecule has 1 unspecified atom stereocenters. The van der Waals surface area contributed by atoms with Crippen molar-refractivity contribution in [1.82, 2.24) is 9.55 Å². The van der Waals surface area contributed by atoms with Gasteiger partial charge in [-0.15, -0.1) is 0 Å². The van der Waals surface area contributed by atoms with Gasteiger partial charge >= 0.3 is 0 Å². The van der Waals surface area contributed by atoms with Crippen LogP contribution in [0.4, 0.5) is 0 Å². The minimum absolute atomic E-state index is 0.278. The summed E-state index contributed by atoms with van der Waals surface area (Å²) in [5, 5.41) is 0. The van der Waals surface area contributed by atoms with E-state index in [2.05, 4.69) is 65.9 Å². The van der Waals surface area contributed by atoms with Crippen LogP contribution in [0, 0.1) is 11.7 Å². The lowest BCUT2D eigenvalue weighted by Gasteiger charge is -2.18. The molecule has 1 aromatic heterocycles. The molecule has 0 aliphatic rings. The molecule has 102 valence electrons. The summed E-state index contributed by atoms with van der Waals surface area (Å²) in [7, 11) is 0. The number of fused-ring (bicyclic) bond motifs is 1. The number of hydrogen-bond acceptors (Lipinski definition) is 1. The summed E-state index contributed by atoms with van der Waals surface area (Å²) in [6.07, 6.45) is 1.01. The minimum atomic E-state index is 0.278. The van der Waals surface area contributed by atoms with Crippen LogP contribution in [0.15, 0.2) is 48.5 Å². The number of aromatic amines is 1. The van der Waals surface area contributed by atoms with E-state index in [0.717, 1.165) is 16.7 Å². The van der Waals surface area contributed by atoms with E-state index in [1.807, 2.05) is 6.07 Å². The van der Waals surface area contributed by atoms with E-state index in [4.69, 9.17) is 12.2 Å². The number of hydrogen-bond donors (Lipinski definition) is 1. The summed E-state index contributed by atoms with van der Waals surface area (Å²) in [6.45, 7) is 4.30. The molecule has 1 heterocycles. The van der Waals surface area contributed by atoms with Gasteiger partial charge in [-0.2, -0.15) is 0 Å². The smallest absolute Gasteiger partial charge is 0.178 e. The predicted molar refractivity (Wildman–Crippen MR) is 86.7 cm³/mol. The molecule has 3 rings (SSSR count). The summed E-state index contributed by atoms with van der Waals surface area (Å²) in [6, 6.07) is 17.3. The molecule has 1 atom stereocenters. The maximum absolute atomic E-state index is 5.55. The van der Waals surface area contributed by atoms with Crippen LogP contribution < -0.4 is 0 Å². The van der Waals surface area contributed by atoms with Crippen LogP contribution >= 0.6 is 12.2 Å². The summed E-state index contributed by atoms with van der Waals surface area (Å²) in [4.78, 5) is 3.33. The predicted octanol–water partition coefficient (Wildman–Crippen LogP) is 5.01. The fourth-order valence-corrected chi connectivity index (χ4v) is 3.13. The molecule has 3 heteroatoms. The summed E-state index contributed by atoms with van der Waals surface area (Å²) < 4.78 is 3.03. The maximum atomic E-state index is 5.55. The van der Waals surface area contributed by atoms with Crippen molar-refractivity contribution < 1.29 is 0 Å². The summed E-state index contributed by atoms with van der Waals surface area (Å²) >= 11 is 5.55. The van der Waals surface area contributed by atoms with Crippen LogP contribution in [-0.2, 0) is 0 Å². The quantitative estimate of drug-likeness (QED) is 0.670. The van der Waals surface area contributed by atoms with Gasteiger partial charge in [-0.1, -0.05) is 43.3 Å². The Labute approximate surface area is 124 Å². The first-order chi connectivity index (χ1) is 9.70. The first-order valence-electron chi connectivity index (χ1n) is 6.96. The SMILES string of the molecule is CCC(c1ccccc1)n1c(=S)[nH]c2cc(C)ccc21. The van der Waals surface area contributed by atoms with E-state index in [9.17, 15) is 0 Å². The Morgan fingerprint density at radius 1 is 1.15 bits per heavy atom. The average molecular weight is 282 g/mol. The lowest BCUT2D eigenvalue weighted by atomic mass is 10.0. The number of aromatic nitrogens is 2. The van der Waals surface area contributed by atoms with Crippen molar-refractivity contribution in [1.29, 1.82) is 0 Å². The highest BCUT2D eigenvalue weighted by molar-refractivity contribution is 7.71. The van der Waals surface area contributed by atoms with Gasteiger partial charge in [0.15, 0.2) is 4.77 Å². The molecule has 0 spiro atoms. The Morgan fingerprint density at radius 2 is 1.90 bits per heavy atom. The first-order valence-corrected chi connectivity index (χ1v) is 7.37. The van der Waals surface area contributed by atoms with Gasteiger partial charge in [0.25, 0.3) is 0 Å². The highest BCUT2D eigenvalue weighted by Crippen LogP contribution is 2.27. The van der Waals surface area contributed by atoms with Gasteiger partial charge in [0.2, 0.25) is 0 Å². The van der Waals surface area contributed by atoms with Crippen LogP contribution in [0.1, 0.15) is 30.5 Å². The highest BCUT2D eigenvalue weighted by Gasteiger charge is 2.15. The Kier molecular flexibility index (Phi) is 3.45. The van der Waals surface area contributed by atoms with Crippen molar-refractivity contribution in [3.05, 3.63) is 64.4 Å². The lowest BCUT2D eigenvalue weighted by Crippen LogP contribution is -2.09. The van der Waals surface area contributed by atoms with Crippen molar-refractivity contribution >= 4 is 23.3 Å². The van der Waals surface area contributed by atoms with E-state index in [1.54, 1.807) is 0 Å². The molecule has 20 heavy (non-hydrogen) atoms. The third-order valence-electron chi connectivity index (χ3n) is 3.75. The Hall–Kier alpha value is -1.87. The molecule has 0 amide bonds. The van der Waals surface area contributed by atoms with E-state index in [1.165, 1.54) is 16.6 Å². The van der Waals surface area contributed by atoms with Gasteiger partial charge in [-0.3, -0.25) is 0 Å². The van der Waals surface area contributed by atoms with Gasteiger partial charge in [0.05, 0.1) is 17.1 Å². The molecule has 0 aliphatic heterocycles. The van der Waals surface area contributed by atoms with E-state index in [0.29, 0.717) is 0 Å². The van der Waals surface area contributed by atoms with E-state index < -0.39 is 0 Å². The molecule has 1 N–H and O–H groups in total. The number of aryl methyl sites for hydroxylation is 1. The van der Waals surface area contributed by atoms with Crippen LogP contribution in [0.2, 0.25) is 0 Å². The fraction of sp³-hybridized carbons (Fsp3) is 0.235. The van der Waals surface area contributed by atoms with Crippen molar-refractivity contribution in [2.45, 2.75) is 26.3 Å². The number of nitrogens with one attached hydrogen (secondary N) is 1. The summed E-state index contributed by atoms with van der Waals surface area (Å²) in [5.41, 5.74) is 4.84. The standard InChI is InChI=1S/C17H18N2S/c1-3-15(13-7-5-4-6-8-13)19-16-10-9-12(2)11-14(16)18-17(19)20/h4-11,15H,3H2,1-2H3,(H,18,20). The fourth-order valence-electron chi connectivity index (χ4n) is 2.80. The second-order valence-electron chi connectivity index (χ2n) is 5.16. The van der Waals surface area contributed by atoms with E-state index >= 15 is 0 Å². The van der Waals surface area contributed by atoms with Crippen molar-refractivity contribution in [2.75, 3.05) is 0 Å². The first kappa shape index (κ1) is 13.1. The van der Waals surface area contributed by atoms with Crippen LogP contribution in [0.3, 0.4) is 0 Å². The highest BCUT2D eigenvalue weighted by atomic mass is 32.1. The van der Waals surface area contributed by atoms with Gasteiger partial charge < -0.3 is 9.55 Å². The molecule has 0 saturated heterocycles. The molecule has 0 bridgehead atoms. The van der Waals surface area contributed by atoms with Crippen molar-refractivity contribution in [3.8, 4) is 0 Å². The Balaban J connectivity index is 2.22. The molecule has 0 fully saturated rings. The average Bonchev–Trinajstić information content (AvgIpc) is 2.77. The normalized spacial score (nSPS) is 12.7. The largest absolute Gasteiger partial charge is 0.331 e. The molecular formula is C17H18N2S.